The van der Waals surface area contributed by atoms with Gasteiger partial charge in [0.1, 0.15) is 18.1 Å². The third-order valence-corrected chi connectivity index (χ3v) is 8.68. The monoisotopic (exact) mass is 515 g/mol. The molecule has 0 fully saturated rings. The van der Waals surface area contributed by atoms with Crippen molar-refractivity contribution in [3.05, 3.63) is 108 Å². The molecule has 4 aromatic rings. The van der Waals surface area contributed by atoms with Crippen molar-refractivity contribution in [2.75, 3.05) is 18.0 Å². The summed E-state index contributed by atoms with van der Waals surface area (Å²) in [5.41, 5.74) is 2.82. The Morgan fingerprint density at radius 2 is 1.68 bits per heavy atom. The summed E-state index contributed by atoms with van der Waals surface area (Å²) in [6, 6.07) is 26.0. The Morgan fingerprint density at radius 3 is 2.41 bits per heavy atom. The van der Waals surface area contributed by atoms with E-state index >= 15 is 0 Å². The van der Waals surface area contributed by atoms with Crippen LogP contribution in [0.4, 0.5) is 5.69 Å². The van der Waals surface area contributed by atoms with Crippen LogP contribution < -0.4 is 18.5 Å². The number of sulfonamides is 1. The van der Waals surface area contributed by atoms with Crippen molar-refractivity contribution in [3.8, 4) is 23.0 Å². The molecule has 0 spiro atoms. The Balaban J connectivity index is 1.49. The number of hydrogen-bond acceptors (Lipinski definition) is 6. The lowest BCUT2D eigenvalue weighted by molar-refractivity contribution is 0.246. The average Bonchev–Trinajstić information content (AvgIpc) is 3.26. The van der Waals surface area contributed by atoms with Gasteiger partial charge in [-0.05, 0) is 41.5 Å². The first-order valence-electron chi connectivity index (χ1n) is 11.9. The Kier molecular flexibility index (Phi) is 5.68. The zero-order valence-corrected chi connectivity index (χ0v) is 20.9. The summed E-state index contributed by atoms with van der Waals surface area (Å²) in [6.45, 7) is 0.486. The van der Waals surface area contributed by atoms with E-state index in [1.165, 1.54) is 4.31 Å². The highest BCUT2D eigenvalue weighted by molar-refractivity contribution is 7.92. The van der Waals surface area contributed by atoms with Gasteiger partial charge in [-0.2, -0.15) is 0 Å². The molecule has 4 aromatic carbocycles. The molecule has 2 heterocycles. The van der Waals surface area contributed by atoms with E-state index in [4.69, 9.17) is 14.2 Å². The summed E-state index contributed by atoms with van der Waals surface area (Å²) in [5.74, 6) is 1.05. The highest BCUT2D eigenvalue weighted by Gasteiger charge is 2.49. The highest BCUT2D eigenvalue weighted by Crippen LogP contribution is 2.57. The van der Waals surface area contributed by atoms with E-state index in [1.54, 1.807) is 61.7 Å². The number of aromatic hydroxyl groups is 1. The molecular weight excluding hydrogens is 490 g/mol. The number of benzene rings is 4. The van der Waals surface area contributed by atoms with Gasteiger partial charge in [-0.25, -0.2) is 8.42 Å². The van der Waals surface area contributed by atoms with Gasteiger partial charge in [0.2, 0.25) is 0 Å². The lowest BCUT2D eigenvalue weighted by Crippen LogP contribution is -2.36. The van der Waals surface area contributed by atoms with E-state index < -0.39 is 16.1 Å². The Hall–Kier alpha value is -4.17. The molecule has 2 aliphatic heterocycles. The van der Waals surface area contributed by atoms with Gasteiger partial charge in [-0.3, -0.25) is 4.31 Å². The number of methoxy groups -OCH3 is 1. The number of phenols is 1. The molecule has 37 heavy (non-hydrogen) atoms. The molecule has 0 saturated heterocycles. The third kappa shape index (κ3) is 3.94. The van der Waals surface area contributed by atoms with Gasteiger partial charge < -0.3 is 19.3 Å². The zero-order chi connectivity index (χ0) is 25.6. The summed E-state index contributed by atoms with van der Waals surface area (Å²) in [4.78, 5) is 0.183. The molecule has 8 heteroatoms. The van der Waals surface area contributed by atoms with Crippen LogP contribution in [0.3, 0.4) is 0 Å². The van der Waals surface area contributed by atoms with Crippen molar-refractivity contribution in [1.29, 1.82) is 0 Å². The van der Waals surface area contributed by atoms with Crippen LogP contribution in [-0.2, 0) is 16.6 Å². The third-order valence-electron chi connectivity index (χ3n) is 6.87. The zero-order valence-electron chi connectivity index (χ0n) is 20.1. The molecule has 0 amide bonds. The fourth-order valence-electron chi connectivity index (χ4n) is 5.10. The topological polar surface area (TPSA) is 85.3 Å². The molecule has 2 atom stereocenters. The number of rotatable bonds is 6. The largest absolute Gasteiger partial charge is 0.504 e. The first-order valence-corrected chi connectivity index (χ1v) is 13.4. The molecule has 0 radical (unpaired) electrons. The molecule has 1 N–H and O–H groups in total. The van der Waals surface area contributed by atoms with Crippen LogP contribution in [-0.4, -0.2) is 27.2 Å². The fourth-order valence-corrected chi connectivity index (χ4v) is 6.80. The van der Waals surface area contributed by atoms with Crippen molar-refractivity contribution in [3.63, 3.8) is 0 Å². The summed E-state index contributed by atoms with van der Waals surface area (Å²) in [7, 11) is -2.39. The number of ether oxygens (including phenoxy) is 3. The minimum absolute atomic E-state index is 0.0482. The average molecular weight is 516 g/mol. The molecule has 7 nitrogen and oxygen atoms in total. The van der Waals surface area contributed by atoms with Gasteiger partial charge >= 0.3 is 0 Å². The van der Waals surface area contributed by atoms with Gasteiger partial charge in [0.25, 0.3) is 10.0 Å². The van der Waals surface area contributed by atoms with E-state index in [2.05, 4.69) is 0 Å². The number of nitrogens with zero attached hydrogens (tertiary/aromatic N) is 1. The summed E-state index contributed by atoms with van der Waals surface area (Å²) >= 11 is 0. The van der Waals surface area contributed by atoms with Crippen LogP contribution in [0.2, 0.25) is 0 Å². The fraction of sp³-hybridized carbons (Fsp3) is 0.172. The molecule has 0 saturated carbocycles. The first-order chi connectivity index (χ1) is 18.0. The van der Waals surface area contributed by atoms with Crippen LogP contribution in [0.15, 0.2) is 95.9 Å². The van der Waals surface area contributed by atoms with E-state index in [9.17, 15) is 13.5 Å². The lowest BCUT2D eigenvalue weighted by atomic mass is 9.88. The van der Waals surface area contributed by atoms with E-state index in [0.717, 1.165) is 11.1 Å². The second-order valence-electron chi connectivity index (χ2n) is 9.03. The minimum Gasteiger partial charge on any atom is -0.504 e. The molecule has 0 aliphatic carbocycles. The van der Waals surface area contributed by atoms with Crippen molar-refractivity contribution in [2.24, 2.45) is 0 Å². The smallest absolute Gasteiger partial charge is 0.264 e. The SMILES string of the molecule is COc1ccc2c(c1)OCC1c3cc(O)c(OCc4ccccc4)cc3N(S(=O)(=O)c3ccccc3)C21. The van der Waals surface area contributed by atoms with Crippen LogP contribution in [0, 0.1) is 0 Å². The van der Waals surface area contributed by atoms with Gasteiger partial charge in [0.05, 0.1) is 30.3 Å². The number of anilines is 1. The van der Waals surface area contributed by atoms with Gasteiger partial charge in [0, 0.05) is 23.6 Å². The molecule has 6 rings (SSSR count). The van der Waals surface area contributed by atoms with E-state index in [-0.39, 0.29) is 35.5 Å². The normalized spacial score (nSPS) is 17.8. The van der Waals surface area contributed by atoms with E-state index in [1.807, 2.05) is 36.4 Å². The number of phenolic OH excluding ortho intramolecular Hbond substituents is 1. The maximum atomic E-state index is 14.1. The predicted octanol–water partition coefficient (Wildman–Crippen LogP) is 5.41. The summed E-state index contributed by atoms with van der Waals surface area (Å²) in [6.07, 6.45) is 0. The maximum absolute atomic E-state index is 14.1. The Bertz CT molecular complexity index is 1560. The van der Waals surface area contributed by atoms with Crippen LogP contribution >= 0.6 is 0 Å². The van der Waals surface area contributed by atoms with Crippen molar-refractivity contribution in [2.45, 2.75) is 23.5 Å². The second kappa shape index (κ2) is 9.05. The Labute approximate surface area is 215 Å². The van der Waals surface area contributed by atoms with Gasteiger partial charge in [-0.1, -0.05) is 48.5 Å². The second-order valence-corrected chi connectivity index (χ2v) is 10.8. The maximum Gasteiger partial charge on any atom is 0.264 e. The van der Waals surface area contributed by atoms with Gasteiger partial charge in [-0.15, -0.1) is 0 Å². The number of fused-ring (bicyclic) bond motifs is 5. The molecular formula is C29H25NO6S. The van der Waals surface area contributed by atoms with Crippen molar-refractivity contribution in [1.82, 2.24) is 0 Å². The lowest BCUT2D eigenvalue weighted by Gasteiger charge is -2.34. The molecule has 2 unspecified atom stereocenters. The first kappa shape index (κ1) is 23.2. The standard InChI is InChI=1S/C29H25NO6S/c1-34-20-12-13-22-27(14-20)36-18-24-23-15-26(31)28(35-17-19-8-4-2-5-9-19)16-25(23)30(29(22)24)37(32,33)21-10-6-3-7-11-21/h2-16,24,29,31H,17-18H2,1H3. The van der Waals surface area contributed by atoms with E-state index in [0.29, 0.717) is 22.7 Å². The van der Waals surface area contributed by atoms with Crippen LogP contribution in [0.25, 0.3) is 0 Å². The van der Waals surface area contributed by atoms with Gasteiger partial charge in [0.15, 0.2) is 11.5 Å². The molecule has 0 bridgehead atoms. The molecule has 188 valence electrons. The summed E-state index contributed by atoms with van der Waals surface area (Å²) in [5, 5.41) is 10.9. The van der Waals surface area contributed by atoms with Crippen LogP contribution in [0.5, 0.6) is 23.0 Å². The Morgan fingerprint density at radius 1 is 0.946 bits per heavy atom. The summed E-state index contributed by atoms with van der Waals surface area (Å²) < 4.78 is 47.0. The quantitative estimate of drug-likeness (QED) is 0.370. The highest BCUT2D eigenvalue weighted by atomic mass is 32.2. The molecule has 0 aromatic heterocycles. The van der Waals surface area contributed by atoms with Crippen LogP contribution in [0.1, 0.15) is 28.7 Å². The van der Waals surface area contributed by atoms with Crippen molar-refractivity contribution < 1.29 is 27.7 Å². The minimum atomic E-state index is -3.97. The predicted molar refractivity (Wildman–Crippen MR) is 139 cm³/mol. The van der Waals surface area contributed by atoms with Crippen molar-refractivity contribution >= 4 is 15.7 Å². The molecule has 2 aliphatic rings. The number of hydrogen-bond donors (Lipinski definition) is 1.